The van der Waals surface area contributed by atoms with E-state index in [-0.39, 0.29) is 34.2 Å². The van der Waals surface area contributed by atoms with Crippen molar-refractivity contribution < 1.29 is 44.3 Å². The zero-order chi connectivity index (χ0) is 30.2. The zero-order valence-corrected chi connectivity index (χ0v) is 23.2. The van der Waals surface area contributed by atoms with Gasteiger partial charge in [0.2, 0.25) is 5.91 Å². The summed E-state index contributed by atoms with van der Waals surface area (Å²) in [6.45, 7) is 7.00. The van der Waals surface area contributed by atoms with Crippen molar-refractivity contribution in [2.75, 3.05) is 19.8 Å². The Bertz CT molecular complexity index is 1460. The van der Waals surface area contributed by atoms with Crippen molar-refractivity contribution in [1.82, 2.24) is 4.90 Å². The van der Waals surface area contributed by atoms with E-state index >= 15 is 0 Å². The van der Waals surface area contributed by atoms with Gasteiger partial charge in [0.05, 0.1) is 17.3 Å². The first-order valence-electron chi connectivity index (χ1n) is 12.9. The summed E-state index contributed by atoms with van der Waals surface area (Å²) < 4.78 is 5.70. The zero-order valence-electron chi connectivity index (χ0n) is 23.2. The number of carbonyl (C=O) groups is 4. The second-order valence-electron chi connectivity index (χ2n) is 11.8. The van der Waals surface area contributed by atoms with E-state index < -0.39 is 75.9 Å². The minimum absolute atomic E-state index is 0.108. The minimum Gasteiger partial charge on any atom is -0.507 e. The first-order chi connectivity index (χ1) is 18.4. The number of phenolic OH excluding ortho intramolecular Hbond substituents is 2. The number of fused-ring (bicyclic) bond motifs is 3. The van der Waals surface area contributed by atoms with Gasteiger partial charge >= 0.3 is 5.97 Å². The Morgan fingerprint density at radius 1 is 1.10 bits per heavy atom. The normalized spacial score (nSPS) is 28.4. The minimum atomic E-state index is -2.93. The van der Waals surface area contributed by atoms with Crippen LogP contribution in [0.2, 0.25) is 0 Å². The number of hydrogen-bond acceptors (Lipinski definition) is 11. The Morgan fingerprint density at radius 3 is 2.20 bits per heavy atom. The van der Waals surface area contributed by atoms with Crippen LogP contribution in [0.4, 0.5) is 5.69 Å². The average molecular weight is 558 g/mol. The fourth-order valence-electron chi connectivity index (χ4n) is 6.22. The average Bonchev–Trinajstić information content (AvgIpc) is 2.84. The molecule has 12 nitrogen and oxygen atoms in total. The number of likely N-dealkylation sites (N-methyl/N-ethyl adjacent to an activating group) is 1. The van der Waals surface area contributed by atoms with Crippen molar-refractivity contribution in [3.05, 3.63) is 28.8 Å². The lowest BCUT2D eigenvalue weighted by Crippen LogP contribution is -2.71. The molecule has 12 heteroatoms. The first kappa shape index (κ1) is 29.2. The molecule has 2 unspecified atom stereocenters. The van der Waals surface area contributed by atoms with Crippen molar-refractivity contribution in [3.63, 3.8) is 0 Å². The molecule has 2 aliphatic rings. The third kappa shape index (κ3) is 3.85. The molecule has 0 aromatic heterocycles. The number of phenols is 2. The number of amides is 1. The molecule has 0 aliphatic heterocycles. The van der Waals surface area contributed by atoms with Gasteiger partial charge < -0.3 is 36.6 Å². The maximum Gasteiger partial charge on any atom is 0.306 e. The number of nitrogens with zero attached hydrogens (tertiary/aromatic N) is 1. The summed E-state index contributed by atoms with van der Waals surface area (Å²) in [4.78, 5) is 53.4. The number of aromatic hydroxyl groups is 2. The van der Waals surface area contributed by atoms with Crippen LogP contribution in [-0.4, -0.2) is 74.5 Å². The van der Waals surface area contributed by atoms with Crippen LogP contribution in [0.3, 0.4) is 0 Å². The molecule has 2 aliphatic carbocycles. The lowest BCUT2D eigenvalue weighted by Gasteiger charge is -2.54. The number of ketones is 2. The highest BCUT2D eigenvalue weighted by atomic mass is 16.5. The number of aliphatic hydroxyl groups excluding tert-OH is 1. The van der Waals surface area contributed by atoms with Gasteiger partial charge in [-0.2, -0.15) is 0 Å². The molecular formula is C28H35N3O9. The van der Waals surface area contributed by atoms with Crippen LogP contribution < -0.4 is 11.5 Å². The van der Waals surface area contributed by atoms with E-state index in [2.05, 4.69) is 0 Å². The number of carbonyl (C=O) groups excluding carboxylic acids is 4. The summed E-state index contributed by atoms with van der Waals surface area (Å²) in [5, 5.41) is 46.5. The Hall–Kier alpha value is -3.74. The largest absolute Gasteiger partial charge is 0.507 e. The summed E-state index contributed by atoms with van der Waals surface area (Å²) in [7, 11) is 2.90. The van der Waals surface area contributed by atoms with Gasteiger partial charge in [0, 0.05) is 34.2 Å². The molecule has 4 rings (SSSR count). The van der Waals surface area contributed by atoms with E-state index in [1.165, 1.54) is 25.9 Å². The fourth-order valence-corrected chi connectivity index (χ4v) is 6.22. The highest BCUT2D eigenvalue weighted by molar-refractivity contribution is 6.24. The standard InChI is InChI=1S/C28H35N3O9/c1-7-12(32)40-23-14-15(21(34)13-10(18(14)29)8-9-11(20(13)33)27(2,3)4)24(36)28(39)17(23)19(31(5)6)22(35)16(25(28)37)26(30)38/h8-9,16-17,19,23-24,33-34,36,39H,7,29H2,1-6H3,(H2,30,38)/t16?,17-,19+,23+,24?,28+/m1/s1. The van der Waals surface area contributed by atoms with Crippen LogP contribution >= 0.6 is 0 Å². The number of hydrogen-bond donors (Lipinski definition) is 6. The number of rotatable bonds is 4. The smallest absolute Gasteiger partial charge is 0.306 e. The van der Waals surface area contributed by atoms with Gasteiger partial charge in [-0.25, -0.2) is 0 Å². The second-order valence-corrected chi connectivity index (χ2v) is 11.8. The van der Waals surface area contributed by atoms with Gasteiger partial charge in [-0.1, -0.05) is 39.8 Å². The van der Waals surface area contributed by atoms with Gasteiger partial charge in [0.1, 0.15) is 23.7 Å². The number of nitrogens with two attached hydrogens (primary N) is 2. The number of ether oxygens (including phenoxy) is 1. The Balaban J connectivity index is 2.18. The molecule has 0 heterocycles. The van der Waals surface area contributed by atoms with Gasteiger partial charge in [-0.15, -0.1) is 0 Å². The molecule has 216 valence electrons. The van der Waals surface area contributed by atoms with Crippen LogP contribution in [0.25, 0.3) is 10.8 Å². The van der Waals surface area contributed by atoms with E-state index in [0.717, 1.165) is 0 Å². The fraction of sp³-hybridized carbons (Fsp3) is 0.500. The van der Waals surface area contributed by atoms with Gasteiger partial charge in [-0.3, -0.25) is 24.1 Å². The lowest BCUT2D eigenvalue weighted by molar-refractivity contribution is -0.209. The molecule has 1 fully saturated rings. The number of benzene rings is 2. The predicted molar refractivity (Wildman–Crippen MR) is 143 cm³/mol. The molecule has 2 aromatic carbocycles. The molecule has 0 saturated heterocycles. The van der Waals surface area contributed by atoms with E-state index in [0.29, 0.717) is 5.56 Å². The molecular weight excluding hydrogens is 522 g/mol. The molecule has 1 amide bonds. The summed E-state index contributed by atoms with van der Waals surface area (Å²) in [6.07, 6.45) is -4.00. The van der Waals surface area contributed by atoms with Gasteiger partial charge in [0.15, 0.2) is 23.1 Å². The molecule has 0 radical (unpaired) electrons. The third-order valence-corrected chi connectivity index (χ3v) is 8.12. The van der Waals surface area contributed by atoms with Crippen LogP contribution in [0, 0.1) is 11.8 Å². The van der Waals surface area contributed by atoms with E-state index in [4.69, 9.17) is 16.2 Å². The van der Waals surface area contributed by atoms with Crippen LogP contribution in [0.5, 0.6) is 11.5 Å². The number of primary amides is 1. The molecule has 2 aromatic rings. The number of anilines is 1. The SMILES string of the molecule is CCC(=O)O[C@H]1c2c(c(O)c3c(O)c(C(C)(C)C)ccc3c2N)C(O)[C@]2(O)C(=O)C(C(N)=O)C(=O)[C@@H](N(C)C)[C@H]12. The maximum absolute atomic E-state index is 13.7. The topological polar surface area (TPSA) is 214 Å². The van der Waals surface area contributed by atoms with Crippen molar-refractivity contribution in [2.45, 2.75) is 63.4 Å². The summed E-state index contributed by atoms with van der Waals surface area (Å²) >= 11 is 0. The van der Waals surface area contributed by atoms with Crippen molar-refractivity contribution in [3.8, 4) is 11.5 Å². The first-order valence-corrected chi connectivity index (χ1v) is 12.9. The summed E-state index contributed by atoms with van der Waals surface area (Å²) in [5.74, 6) is -9.26. The van der Waals surface area contributed by atoms with E-state index in [9.17, 15) is 39.6 Å². The molecule has 6 atom stereocenters. The summed E-state index contributed by atoms with van der Waals surface area (Å²) in [5.41, 5.74) is 8.20. The maximum atomic E-state index is 13.7. The predicted octanol–water partition coefficient (Wildman–Crippen LogP) is 0.703. The quantitative estimate of drug-likeness (QED) is 0.133. The molecule has 0 bridgehead atoms. The number of aliphatic hydroxyl groups is 2. The molecule has 8 N–H and O–H groups in total. The molecule has 0 spiro atoms. The second kappa shape index (κ2) is 9.43. The highest BCUT2D eigenvalue weighted by Gasteiger charge is 2.69. The number of nitrogen functional groups attached to an aromatic ring is 1. The Kier molecular flexibility index (Phi) is 6.89. The van der Waals surface area contributed by atoms with E-state index in [1.54, 1.807) is 12.1 Å². The van der Waals surface area contributed by atoms with Gasteiger partial charge in [-0.05, 0) is 19.5 Å². The number of Topliss-reactive ketones (excluding diaryl/α,β-unsaturated/α-hetero) is 2. The van der Waals surface area contributed by atoms with Gasteiger partial charge in [0.25, 0.3) is 0 Å². The highest BCUT2D eigenvalue weighted by Crippen LogP contribution is 2.60. The van der Waals surface area contributed by atoms with Crippen LogP contribution in [0.15, 0.2) is 12.1 Å². The third-order valence-electron chi connectivity index (χ3n) is 8.12. The van der Waals surface area contributed by atoms with Crippen molar-refractivity contribution in [2.24, 2.45) is 17.6 Å². The molecule has 40 heavy (non-hydrogen) atoms. The number of esters is 1. The van der Waals surface area contributed by atoms with Crippen LogP contribution in [0.1, 0.15) is 63.0 Å². The Morgan fingerprint density at radius 2 is 1.70 bits per heavy atom. The van der Waals surface area contributed by atoms with Crippen molar-refractivity contribution in [1.29, 1.82) is 0 Å². The van der Waals surface area contributed by atoms with Crippen molar-refractivity contribution >= 4 is 39.9 Å². The molecule has 1 saturated carbocycles. The summed E-state index contributed by atoms with van der Waals surface area (Å²) in [6, 6.07) is 1.74. The van der Waals surface area contributed by atoms with E-state index in [1.807, 2.05) is 20.8 Å². The van der Waals surface area contributed by atoms with Crippen LogP contribution in [-0.2, 0) is 29.3 Å². The lowest BCUT2D eigenvalue weighted by atomic mass is 9.56. The Labute approximate surface area is 230 Å². The monoisotopic (exact) mass is 557 g/mol.